The van der Waals surface area contributed by atoms with Gasteiger partial charge in [0.1, 0.15) is 0 Å². The Balaban J connectivity index is 2.47. The number of hydrazine groups is 2. The van der Waals surface area contributed by atoms with Crippen LogP contribution in [0.25, 0.3) is 0 Å². The van der Waals surface area contributed by atoms with Gasteiger partial charge in [0, 0.05) is 25.4 Å². The first-order valence-corrected chi connectivity index (χ1v) is 4.66. The predicted molar refractivity (Wildman–Crippen MR) is 51.3 cm³/mol. The number of hydrogen-bond acceptors (Lipinski definition) is 4. The molecule has 0 radical (unpaired) electrons. The molecule has 0 saturated heterocycles. The van der Waals surface area contributed by atoms with E-state index in [1.54, 1.807) is 0 Å². The van der Waals surface area contributed by atoms with Crippen molar-refractivity contribution in [2.45, 2.75) is 26.7 Å². The minimum Gasteiger partial charge on any atom is -0.298 e. The summed E-state index contributed by atoms with van der Waals surface area (Å²) >= 11 is 0. The van der Waals surface area contributed by atoms with Crippen LogP contribution in [-0.4, -0.2) is 29.4 Å². The Morgan fingerprint density at radius 3 is 2.69 bits per heavy atom. The van der Waals surface area contributed by atoms with Gasteiger partial charge in [-0.25, -0.2) is 0 Å². The largest absolute Gasteiger partial charge is 0.298 e. The molecule has 0 fully saturated rings. The maximum absolute atomic E-state index is 11.1. The van der Waals surface area contributed by atoms with Crippen molar-refractivity contribution in [1.82, 2.24) is 15.6 Å². The van der Waals surface area contributed by atoms with Crippen LogP contribution >= 0.6 is 0 Å². The Morgan fingerprint density at radius 1 is 1.54 bits per heavy atom. The highest BCUT2D eigenvalue weighted by molar-refractivity contribution is 5.80. The number of carbonyl (C=O) groups is 1. The number of Topliss-reactive ketones (excluding diaryl/α,β-unsaturated/α-hetero) is 1. The van der Waals surface area contributed by atoms with Gasteiger partial charge in [0.2, 0.25) is 0 Å². The summed E-state index contributed by atoms with van der Waals surface area (Å²) in [6.45, 7) is 4.42. The molecule has 1 aliphatic rings. The lowest BCUT2D eigenvalue weighted by Crippen LogP contribution is -2.40. The predicted octanol–water partition coefficient (Wildman–Crippen LogP) is 0.884. The number of ketones is 1. The summed E-state index contributed by atoms with van der Waals surface area (Å²) in [5, 5.41) is 3.76. The average molecular weight is 183 g/mol. The van der Waals surface area contributed by atoms with Crippen LogP contribution in [0, 0.1) is 0 Å². The Bertz CT molecular complexity index is 225. The quantitative estimate of drug-likeness (QED) is 0.702. The summed E-state index contributed by atoms with van der Waals surface area (Å²) in [7, 11) is 1.95. The molecule has 0 unspecified atom stereocenters. The molecule has 0 amide bonds. The number of rotatable bonds is 4. The first-order chi connectivity index (χ1) is 6.17. The topological polar surface area (TPSA) is 35.6 Å². The van der Waals surface area contributed by atoms with Gasteiger partial charge in [-0.1, -0.05) is 13.8 Å². The Hall–Kier alpha value is -1.03. The molecule has 0 aromatic rings. The fraction of sp³-hybridized carbons (Fsp3) is 0.667. The standard InChI is InChI=1S/C9H17N3O/c1-4-8-6-12(10-11(8)3)7-9(13)5-2/h6,10H,4-5,7H2,1-3H3. The molecule has 0 bridgehead atoms. The first-order valence-electron chi connectivity index (χ1n) is 4.66. The normalized spacial score (nSPS) is 16.4. The van der Waals surface area contributed by atoms with Crippen LogP contribution in [0.1, 0.15) is 26.7 Å². The van der Waals surface area contributed by atoms with Gasteiger partial charge in [-0.15, -0.1) is 5.53 Å². The lowest BCUT2D eigenvalue weighted by atomic mass is 10.3. The molecular weight excluding hydrogens is 166 g/mol. The monoisotopic (exact) mass is 183 g/mol. The van der Waals surface area contributed by atoms with Crippen molar-refractivity contribution in [2.24, 2.45) is 0 Å². The maximum Gasteiger partial charge on any atom is 0.153 e. The molecule has 1 heterocycles. The van der Waals surface area contributed by atoms with Crippen LogP contribution in [0.3, 0.4) is 0 Å². The van der Waals surface area contributed by atoms with Crippen LogP contribution in [0.5, 0.6) is 0 Å². The van der Waals surface area contributed by atoms with Gasteiger partial charge < -0.3 is 0 Å². The van der Waals surface area contributed by atoms with E-state index in [1.165, 1.54) is 5.70 Å². The van der Waals surface area contributed by atoms with Crippen LogP contribution < -0.4 is 5.53 Å². The first kappa shape index (κ1) is 10.1. The van der Waals surface area contributed by atoms with E-state index >= 15 is 0 Å². The summed E-state index contributed by atoms with van der Waals surface area (Å²) in [4.78, 5) is 11.1. The Morgan fingerprint density at radius 2 is 2.23 bits per heavy atom. The lowest BCUT2D eigenvalue weighted by molar-refractivity contribution is -0.120. The second kappa shape index (κ2) is 4.28. The molecule has 74 valence electrons. The third-order valence-electron chi connectivity index (χ3n) is 2.12. The van der Waals surface area contributed by atoms with Crippen molar-refractivity contribution in [2.75, 3.05) is 13.6 Å². The molecule has 0 aliphatic carbocycles. The maximum atomic E-state index is 11.1. The van der Waals surface area contributed by atoms with E-state index in [4.69, 9.17) is 0 Å². The van der Waals surface area contributed by atoms with Gasteiger partial charge in [-0.2, -0.15) is 0 Å². The van der Waals surface area contributed by atoms with E-state index in [2.05, 4.69) is 12.5 Å². The van der Waals surface area contributed by atoms with Crippen LogP contribution in [0.15, 0.2) is 11.9 Å². The SMILES string of the molecule is CCC(=O)CN1C=C(CC)N(C)N1. The highest BCUT2D eigenvalue weighted by Gasteiger charge is 2.16. The van der Waals surface area contributed by atoms with E-state index in [-0.39, 0.29) is 5.78 Å². The fourth-order valence-corrected chi connectivity index (χ4v) is 1.26. The number of nitrogens with one attached hydrogen (secondary N) is 1. The van der Waals surface area contributed by atoms with Gasteiger partial charge in [-0.3, -0.25) is 14.8 Å². The summed E-state index contributed by atoms with van der Waals surface area (Å²) in [5.41, 5.74) is 4.27. The minimum absolute atomic E-state index is 0.245. The summed E-state index contributed by atoms with van der Waals surface area (Å²) in [6.07, 6.45) is 3.55. The summed E-state index contributed by atoms with van der Waals surface area (Å²) in [6, 6.07) is 0. The van der Waals surface area contributed by atoms with E-state index < -0.39 is 0 Å². The van der Waals surface area contributed by atoms with Crippen molar-refractivity contribution < 1.29 is 4.79 Å². The second-order valence-electron chi connectivity index (χ2n) is 3.15. The minimum atomic E-state index is 0.245. The molecule has 1 N–H and O–H groups in total. The van der Waals surface area contributed by atoms with Crippen LogP contribution in [-0.2, 0) is 4.79 Å². The summed E-state index contributed by atoms with van der Waals surface area (Å²) < 4.78 is 0. The smallest absolute Gasteiger partial charge is 0.153 e. The molecule has 4 nitrogen and oxygen atoms in total. The zero-order valence-corrected chi connectivity index (χ0v) is 8.50. The van der Waals surface area contributed by atoms with E-state index in [0.29, 0.717) is 13.0 Å². The van der Waals surface area contributed by atoms with E-state index in [1.807, 2.05) is 30.2 Å². The van der Waals surface area contributed by atoms with E-state index in [9.17, 15) is 4.79 Å². The van der Waals surface area contributed by atoms with Crippen LogP contribution in [0.2, 0.25) is 0 Å². The highest BCUT2D eigenvalue weighted by atomic mass is 16.1. The number of hydrogen-bond donors (Lipinski definition) is 1. The van der Waals surface area contributed by atoms with Gasteiger partial charge in [0.25, 0.3) is 0 Å². The lowest BCUT2D eigenvalue weighted by Gasteiger charge is -2.19. The second-order valence-corrected chi connectivity index (χ2v) is 3.15. The van der Waals surface area contributed by atoms with Crippen molar-refractivity contribution >= 4 is 5.78 Å². The fourth-order valence-electron chi connectivity index (χ4n) is 1.26. The number of nitrogens with zero attached hydrogens (tertiary/aromatic N) is 2. The average Bonchev–Trinajstić information content (AvgIpc) is 2.46. The van der Waals surface area contributed by atoms with Crippen molar-refractivity contribution in [3.05, 3.63) is 11.9 Å². The zero-order chi connectivity index (χ0) is 9.84. The molecule has 4 heteroatoms. The summed E-state index contributed by atoms with van der Waals surface area (Å²) in [5.74, 6) is 0.245. The molecule has 0 aromatic carbocycles. The molecule has 0 saturated carbocycles. The Labute approximate surface area is 79.1 Å². The molecule has 0 atom stereocenters. The highest BCUT2D eigenvalue weighted by Crippen LogP contribution is 2.11. The van der Waals surface area contributed by atoms with Crippen molar-refractivity contribution in [1.29, 1.82) is 0 Å². The van der Waals surface area contributed by atoms with Gasteiger partial charge in [0.15, 0.2) is 5.78 Å². The third kappa shape index (κ3) is 2.45. The van der Waals surface area contributed by atoms with Gasteiger partial charge in [-0.05, 0) is 6.42 Å². The Kier molecular flexibility index (Phi) is 3.31. The van der Waals surface area contributed by atoms with Gasteiger partial charge >= 0.3 is 0 Å². The zero-order valence-electron chi connectivity index (χ0n) is 8.50. The molecular formula is C9H17N3O. The van der Waals surface area contributed by atoms with Crippen LogP contribution in [0.4, 0.5) is 0 Å². The molecule has 1 rings (SSSR count). The third-order valence-corrected chi connectivity index (χ3v) is 2.12. The van der Waals surface area contributed by atoms with Crippen molar-refractivity contribution in [3.8, 4) is 0 Å². The van der Waals surface area contributed by atoms with E-state index in [0.717, 1.165) is 6.42 Å². The number of carbonyl (C=O) groups excluding carboxylic acids is 1. The molecule has 0 aromatic heterocycles. The van der Waals surface area contributed by atoms with Crippen molar-refractivity contribution in [3.63, 3.8) is 0 Å². The molecule has 0 spiro atoms. The molecule has 1 aliphatic heterocycles. The number of allylic oxidation sites excluding steroid dienone is 1. The molecule has 13 heavy (non-hydrogen) atoms. The van der Waals surface area contributed by atoms with Gasteiger partial charge in [0.05, 0.1) is 6.54 Å².